The van der Waals surface area contributed by atoms with Gasteiger partial charge in [0.25, 0.3) is 0 Å². The van der Waals surface area contributed by atoms with E-state index in [0.717, 1.165) is 28.5 Å². The fraction of sp³-hybridized carbons (Fsp3) is 0.296. The molecular weight excluding hydrogens is 496 g/mol. The van der Waals surface area contributed by atoms with E-state index in [9.17, 15) is 23.4 Å². The Balaban J connectivity index is 1.62. The Hall–Kier alpha value is -3.60. The minimum atomic E-state index is -3.78. The number of hydrogen-bond acceptors (Lipinski definition) is 8. The molecule has 198 valence electrons. The topological polar surface area (TPSA) is 159 Å². The maximum absolute atomic E-state index is 12.0. The molecule has 0 aromatic heterocycles. The Morgan fingerprint density at radius 2 is 1.68 bits per heavy atom. The van der Waals surface area contributed by atoms with E-state index in [4.69, 9.17) is 15.6 Å². The second-order valence-corrected chi connectivity index (χ2v) is 11.0. The Labute approximate surface area is 216 Å². The first-order valence-corrected chi connectivity index (χ1v) is 13.5. The number of anilines is 1. The summed E-state index contributed by atoms with van der Waals surface area (Å²) in [5, 5.41) is 32.9. The van der Waals surface area contributed by atoms with E-state index >= 15 is 0 Å². The van der Waals surface area contributed by atoms with E-state index < -0.39 is 38.6 Å². The second-order valence-electron chi connectivity index (χ2n) is 9.04. The number of nitrogen functional groups attached to an aromatic ring is 1. The molecule has 0 spiro atoms. The molecule has 3 aromatic rings. The van der Waals surface area contributed by atoms with Gasteiger partial charge in [-0.1, -0.05) is 18.2 Å². The molecule has 37 heavy (non-hydrogen) atoms. The maximum Gasteiger partial charge on any atom is 0.335 e. The molecule has 0 saturated heterocycles. The summed E-state index contributed by atoms with van der Waals surface area (Å²) in [7, 11) is -3.78. The summed E-state index contributed by atoms with van der Waals surface area (Å²) < 4.78 is 29.8. The molecule has 0 fully saturated rings. The highest BCUT2D eigenvalue weighted by molar-refractivity contribution is 7.91. The van der Waals surface area contributed by atoms with Crippen LogP contribution in [0.3, 0.4) is 0 Å². The molecule has 0 aliphatic carbocycles. The summed E-state index contributed by atoms with van der Waals surface area (Å²) in [4.78, 5) is 10.7. The van der Waals surface area contributed by atoms with Gasteiger partial charge in [0.15, 0.2) is 9.84 Å². The number of aryl methyl sites for hydroxylation is 2. The van der Waals surface area contributed by atoms with E-state index in [0.29, 0.717) is 18.9 Å². The molecule has 3 rings (SSSR count). The van der Waals surface area contributed by atoms with Crippen molar-refractivity contribution in [3.05, 3.63) is 70.8 Å². The number of aromatic carboxylic acids is 1. The standard InChI is InChI=1S/C27H32N2O7S/c1-15-13-20(14-16(2)23(15)18-5-7-19(8-6-18)27(32)33)36-12-11-29-17(3)25(31)21-9-10-22(30)26(24(21)28)37(4,34)35/h5-10,13-14,17,25,29-31H,11-12,28H2,1-4H3,(H,32,33)/t17-,25-/m0/s1. The molecule has 0 unspecified atom stereocenters. The number of phenols is 1. The predicted octanol–water partition coefficient (Wildman–Crippen LogP) is 3.45. The van der Waals surface area contributed by atoms with Crippen molar-refractivity contribution in [2.45, 2.75) is 37.8 Å². The molecule has 10 heteroatoms. The van der Waals surface area contributed by atoms with Crippen LogP contribution in [0.25, 0.3) is 11.1 Å². The highest BCUT2D eigenvalue weighted by atomic mass is 32.2. The summed E-state index contributed by atoms with van der Waals surface area (Å²) in [5.74, 6) is -0.750. The van der Waals surface area contributed by atoms with Gasteiger partial charge in [0.1, 0.15) is 23.0 Å². The van der Waals surface area contributed by atoms with Crippen LogP contribution in [0, 0.1) is 13.8 Å². The number of rotatable bonds is 10. The smallest absolute Gasteiger partial charge is 0.335 e. The average molecular weight is 529 g/mol. The Morgan fingerprint density at radius 3 is 2.22 bits per heavy atom. The summed E-state index contributed by atoms with van der Waals surface area (Å²) in [6.07, 6.45) is -0.170. The summed E-state index contributed by atoms with van der Waals surface area (Å²) in [5.41, 5.74) is 10.1. The van der Waals surface area contributed by atoms with Gasteiger partial charge in [0.2, 0.25) is 0 Å². The van der Waals surface area contributed by atoms with Crippen molar-refractivity contribution in [2.24, 2.45) is 0 Å². The van der Waals surface area contributed by atoms with Crippen molar-refractivity contribution >= 4 is 21.5 Å². The third-order valence-corrected chi connectivity index (χ3v) is 7.31. The fourth-order valence-electron chi connectivity index (χ4n) is 4.33. The quantitative estimate of drug-likeness (QED) is 0.196. The number of ether oxygens (including phenoxy) is 1. The van der Waals surface area contributed by atoms with Gasteiger partial charge in [-0.05, 0) is 73.4 Å². The molecule has 0 radical (unpaired) electrons. The van der Waals surface area contributed by atoms with Crippen LogP contribution in [0.2, 0.25) is 0 Å². The van der Waals surface area contributed by atoms with E-state index in [-0.39, 0.29) is 16.8 Å². The van der Waals surface area contributed by atoms with Gasteiger partial charge in [0.05, 0.1) is 17.4 Å². The number of aromatic hydroxyl groups is 1. The van der Waals surface area contributed by atoms with Crippen LogP contribution in [0.15, 0.2) is 53.4 Å². The van der Waals surface area contributed by atoms with Crippen molar-refractivity contribution in [3.8, 4) is 22.6 Å². The van der Waals surface area contributed by atoms with Gasteiger partial charge in [-0.25, -0.2) is 13.2 Å². The van der Waals surface area contributed by atoms with Crippen molar-refractivity contribution in [1.29, 1.82) is 0 Å². The van der Waals surface area contributed by atoms with Crippen LogP contribution in [0.4, 0.5) is 5.69 Å². The zero-order valence-electron chi connectivity index (χ0n) is 21.1. The fourth-order valence-corrected chi connectivity index (χ4v) is 5.29. The van der Waals surface area contributed by atoms with Crippen LogP contribution in [0.1, 0.15) is 40.1 Å². The number of carbonyl (C=O) groups is 1. The van der Waals surface area contributed by atoms with Crippen molar-refractivity contribution in [3.63, 3.8) is 0 Å². The molecule has 3 aromatic carbocycles. The number of nitrogens with one attached hydrogen (secondary N) is 1. The number of aliphatic hydroxyl groups excluding tert-OH is 1. The molecular formula is C27H32N2O7S. The summed E-state index contributed by atoms with van der Waals surface area (Å²) >= 11 is 0. The first-order valence-electron chi connectivity index (χ1n) is 11.6. The Bertz CT molecular complexity index is 1380. The third-order valence-electron chi connectivity index (χ3n) is 6.14. The van der Waals surface area contributed by atoms with Crippen molar-refractivity contribution in [2.75, 3.05) is 25.1 Å². The lowest BCUT2D eigenvalue weighted by Gasteiger charge is -2.23. The summed E-state index contributed by atoms with van der Waals surface area (Å²) in [6, 6.07) is 12.7. The van der Waals surface area contributed by atoms with E-state index in [2.05, 4.69) is 5.32 Å². The van der Waals surface area contributed by atoms with Gasteiger partial charge in [-0.3, -0.25) is 0 Å². The molecule has 2 atom stereocenters. The molecule has 0 bridgehead atoms. The third kappa shape index (κ3) is 6.40. The lowest BCUT2D eigenvalue weighted by Crippen LogP contribution is -2.35. The Morgan fingerprint density at radius 1 is 1.08 bits per heavy atom. The van der Waals surface area contributed by atoms with Crippen LogP contribution in [-0.4, -0.2) is 55.2 Å². The number of hydrogen-bond donors (Lipinski definition) is 5. The first kappa shape index (κ1) is 28.0. The van der Waals surface area contributed by atoms with Crippen LogP contribution in [0.5, 0.6) is 11.5 Å². The molecule has 9 nitrogen and oxygen atoms in total. The predicted molar refractivity (Wildman–Crippen MR) is 142 cm³/mol. The van der Waals surface area contributed by atoms with Gasteiger partial charge >= 0.3 is 5.97 Å². The minimum absolute atomic E-state index is 0.177. The first-order chi connectivity index (χ1) is 17.3. The van der Waals surface area contributed by atoms with Gasteiger partial charge in [0, 0.05) is 24.4 Å². The average Bonchev–Trinajstić information content (AvgIpc) is 2.80. The lowest BCUT2D eigenvalue weighted by atomic mass is 9.95. The molecule has 0 amide bonds. The van der Waals surface area contributed by atoms with Crippen LogP contribution < -0.4 is 15.8 Å². The normalized spacial score (nSPS) is 13.2. The maximum atomic E-state index is 12.0. The number of phenolic OH excluding ortho intramolecular Hbond substituents is 1. The lowest BCUT2D eigenvalue weighted by molar-refractivity contribution is 0.0697. The van der Waals surface area contributed by atoms with Crippen molar-refractivity contribution < 1.29 is 33.3 Å². The van der Waals surface area contributed by atoms with Gasteiger partial charge in [-0.15, -0.1) is 0 Å². The van der Waals surface area contributed by atoms with Gasteiger partial charge in [-0.2, -0.15) is 0 Å². The second kappa shape index (κ2) is 11.2. The monoisotopic (exact) mass is 528 g/mol. The highest BCUT2D eigenvalue weighted by Gasteiger charge is 2.25. The van der Waals surface area contributed by atoms with Crippen molar-refractivity contribution in [1.82, 2.24) is 5.32 Å². The number of carboxylic acids is 1. The number of carboxylic acid groups (broad SMARTS) is 1. The molecule has 0 aliphatic rings. The zero-order chi connectivity index (χ0) is 27.5. The molecule has 0 saturated carbocycles. The molecule has 6 N–H and O–H groups in total. The zero-order valence-corrected chi connectivity index (χ0v) is 22.0. The van der Waals surface area contributed by atoms with E-state index in [1.54, 1.807) is 31.2 Å². The number of benzene rings is 3. The number of nitrogens with two attached hydrogens (primary N) is 1. The molecule has 0 heterocycles. The minimum Gasteiger partial charge on any atom is -0.507 e. The highest BCUT2D eigenvalue weighted by Crippen LogP contribution is 2.35. The van der Waals surface area contributed by atoms with Crippen LogP contribution in [-0.2, 0) is 9.84 Å². The van der Waals surface area contributed by atoms with Crippen LogP contribution >= 0.6 is 0 Å². The summed E-state index contributed by atoms with van der Waals surface area (Å²) in [6.45, 7) is 6.36. The SMILES string of the molecule is Cc1cc(OCCN[C@@H](C)[C@H](O)c2ccc(O)c(S(C)(=O)=O)c2N)cc(C)c1-c1ccc(C(=O)O)cc1. The van der Waals surface area contributed by atoms with Gasteiger partial charge < -0.3 is 31.1 Å². The number of sulfone groups is 1. The van der Waals surface area contributed by atoms with E-state index in [1.807, 2.05) is 26.0 Å². The van der Waals surface area contributed by atoms with E-state index in [1.165, 1.54) is 12.1 Å². The largest absolute Gasteiger partial charge is 0.507 e. The Kier molecular flexibility index (Phi) is 8.47. The molecule has 0 aliphatic heterocycles. The number of aliphatic hydroxyl groups is 1.